The van der Waals surface area contributed by atoms with Crippen LogP contribution in [0.25, 0.3) is 11.3 Å². The third-order valence-corrected chi connectivity index (χ3v) is 6.05. The topological polar surface area (TPSA) is 86.1 Å². The van der Waals surface area contributed by atoms with Crippen molar-refractivity contribution < 1.29 is 19.0 Å². The summed E-state index contributed by atoms with van der Waals surface area (Å²) in [6.45, 7) is 4.95. The SMILES string of the molecule is COCc1cccc(-c2nc(N3CCOCC3)nc3c2N=C(C(=O)OC)C(C)C3Cl)c1. The number of morpholine rings is 1. The lowest BCUT2D eigenvalue weighted by Gasteiger charge is -2.30. The van der Waals surface area contributed by atoms with E-state index in [0.717, 1.165) is 11.1 Å². The zero-order valence-corrected chi connectivity index (χ0v) is 18.6. The average molecular weight is 445 g/mol. The van der Waals surface area contributed by atoms with Gasteiger partial charge in [-0.1, -0.05) is 25.1 Å². The molecular formula is C22H25ClN4O4. The van der Waals surface area contributed by atoms with Gasteiger partial charge in [0.25, 0.3) is 0 Å². The molecule has 3 heterocycles. The number of fused-ring (bicyclic) bond motifs is 1. The highest BCUT2D eigenvalue weighted by Gasteiger charge is 2.36. The van der Waals surface area contributed by atoms with E-state index < -0.39 is 11.3 Å². The van der Waals surface area contributed by atoms with E-state index in [2.05, 4.69) is 9.89 Å². The quantitative estimate of drug-likeness (QED) is 0.516. The van der Waals surface area contributed by atoms with E-state index in [1.165, 1.54) is 7.11 Å². The van der Waals surface area contributed by atoms with Crippen molar-refractivity contribution in [3.63, 3.8) is 0 Å². The smallest absolute Gasteiger partial charge is 0.352 e. The van der Waals surface area contributed by atoms with Crippen LogP contribution in [0.3, 0.4) is 0 Å². The first kappa shape index (κ1) is 21.7. The highest BCUT2D eigenvalue weighted by atomic mass is 35.5. The summed E-state index contributed by atoms with van der Waals surface area (Å²) in [4.78, 5) is 28.7. The molecule has 2 aromatic rings. The largest absolute Gasteiger partial charge is 0.465 e. The van der Waals surface area contributed by atoms with Crippen molar-refractivity contribution in [3.8, 4) is 11.3 Å². The zero-order valence-electron chi connectivity index (χ0n) is 17.8. The van der Waals surface area contributed by atoms with Crippen molar-refractivity contribution in [2.75, 3.05) is 45.4 Å². The second-order valence-corrected chi connectivity index (χ2v) is 7.99. The maximum Gasteiger partial charge on any atom is 0.352 e. The molecule has 8 nitrogen and oxygen atoms in total. The molecule has 2 aliphatic rings. The Kier molecular flexibility index (Phi) is 6.50. The first-order chi connectivity index (χ1) is 15.0. The van der Waals surface area contributed by atoms with Crippen LogP contribution in [0, 0.1) is 5.92 Å². The molecule has 1 saturated heterocycles. The van der Waals surface area contributed by atoms with Gasteiger partial charge in [0.1, 0.15) is 17.1 Å². The van der Waals surface area contributed by atoms with Crippen molar-refractivity contribution in [2.45, 2.75) is 18.9 Å². The molecule has 0 radical (unpaired) electrons. The monoisotopic (exact) mass is 444 g/mol. The van der Waals surface area contributed by atoms with E-state index in [0.29, 0.717) is 55.9 Å². The molecular weight excluding hydrogens is 420 g/mol. The van der Waals surface area contributed by atoms with Gasteiger partial charge in [-0.15, -0.1) is 11.6 Å². The molecule has 0 N–H and O–H groups in total. The molecule has 164 valence electrons. The summed E-state index contributed by atoms with van der Waals surface area (Å²) >= 11 is 6.80. The van der Waals surface area contributed by atoms with E-state index in [1.807, 2.05) is 31.2 Å². The van der Waals surface area contributed by atoms with Gasteiger partial charge in [-0.05, 0) is 11.6 Å². The number of methoxy groups -OCH3 is 2. The third-order valence-electron chi connectivity index (χ3n) is 5.46. The molecule has 4 rings (SSSR count). The van der Waals surface area contributed by atoms with E-state index in [-0.39, 0.29) is 11.6 Å². The van der Waals surface area contributed by atoms with E-state index in [4.69, 9.17) is 35.8 Å². The number of aromatic nitrogens is 2. The van der Waals surface area contributed by atoms with Crippen LogP contribution in [0.15, 0.2) is 29.3 Å². The van der Waals surface area contributed by atoms with E-state index in [9.17, 15) is 4.79 Å². The van der Waals surface area contributed by atoms with Crippen molar-refractivity contribution in [1.82, 2.24) is 9.97 Å². The molecule has 0 aliphatic carbocycles. The summed E-state index contributed by atoms with van der Waals surface area (Å²) in [5, 5.41) is -0.537. The number of carbonyl (C=O) groups is 1. The predicted octanol–water partition coefficient (Wildman–Crippen LogP) is 3.30. The van der Waals surface area contributed by atoms with Crippen LogP contribution in [0.1, 0.15) is 23.6 Å². The van der Waals surface area contributed by atoms with Crippen LogP contribution in [-0.2, 0) is 25.6 Å². The lowest BCUT2D eigenvalue weighted by molar-refractivity contribution is -0.133. The molecule has 0 amide bonds. The van der Waals surface area contributed by atoms with Gasteiger partial charge in [-0.3, -0.25) is 0 Å². The lowest BCUT2D eigenvalue weighted by Crippen LogP contribution is -2.38. The number of ether oxygens (including phenoxy) is 3. The Hall–Kier alpha value is -2.55. The molecule has 2 aliphatic heterocycles. The van der Waals surface area contributed by atoms with Gasteiger partial charge in [0.15, 0.2) is 0 Å². The van der Waals surface area contributed by atoms with Crippen LogP contribution in [0.2, 0.25) is 0 Å². The summed E-state index contributed by atoms with van der Waals surface area (Å²) in [7, 11) is 2.99. The molecule has 0 bridgehead atoms. The second-order valence-electron chi connectivity index (χ2n) is 7.52. The first-order valence-corrected chi connectivity index (χ1v) is 10.6. The Balaban J connectivity index is 1.91. The Morgan fingerprint density at radius 2 is 2.03 bits per heavy atom. The van der Waals surface area contributed by atoms with Gasteiger partial charge in [0, 0.05) is 31.7 Å². The van der Waals surface area contributed by atoms with Gasteiger partial charge >= 0.3 is 5.97 Å². The minimum atomic E-state index is -0.537. The molecule has 2 atom stereocenters. The summed E-state index contributed by atoms with van der Waals surface area (Å²) < 4.78 is 15.7. The normalized spacial score (nSPS) is 20.8. The van der Waals surface area contributed by atoms with Crippen molar-refractivity contribution in [1.29, 1.82) is 0 Å². The summed E-state index contributed by atoms with van der Waals surface area (Å²) in [5.74, 6) is -0.259. The molecule has 0 spiro atoms. The second kappa shape index (κ2) is 9.30. The standard InChI is InChI=1S/C22H25ClN4O4/c1-13-16(23)19-20(24-17(13)21(28)30-3)18(15-6-4-5-14(11-15)12-29-2)25-22(26-19)27-7-9-31-10-8-27/h4-6,11,13,16H,7-10,12H2,1-3H3. The molecule has 1 fully saturated rings. The summed E-state index contributed by atoms with van der Waals surface area (Å²) in [6.07, 6.45) is 0. The van der Waals surface area contributed by atoms with Crippen LogP contribution in [-0.4, -0.2) is 62.2 Å². The minimum Gasteiger partial charge on any atom is -0.465 e. The Morgan fingerprint density at radius 1 is 1.26 bits per heavy atom. The molecule has 1 aromatic heterocycles. The summed E-state index contributed by atoms with van der Waals surface area (Å²) in [6, 6.07) is 7.89. The average Bonchev–Trinajstić information content (AvgIpc) is 2.81. The highest BCUT2D eigenvalue weighted by molar-refractivity contribution is 6.40. The molecule has 9 heteroatoms. The maximum absolute atomic E-state index is 12.3. The first-order valence-electron chi connectivity index (χ1n) is 10.2. The number of halogens is 1. The fraction of sp³-hybridized carbons (Fsp3) is 0.455. The van der Waals surface area contributed by atoms with Gasteiger partial charge < -0.3 is 19.1 Å². The number of benzene rings is 1. The number of carbonyl (C=O) groups excluding carboxylic acids is 1. The predicted molar refractivity (Wildman–Crippen MR) is 118 cm³/mol. The van der Waals surface area contributed by atoms with Crippen LogP contribution < -0.4 is 4.90 Å². The van der Waals surface area contributed by atoms with Crippen molar-refractivity contribution in [2.24, 2.45) is 10.9 Å². The number of aliphatic imine (C=N–C) groups is 1. The molecule has 31 heavy (non-hydrogen) atoms. The summed E-state index contributed by atoms with van der Waals surface area (Å²) in [5.41, 5.74) is 3.88. The third kappa shape index (κ3) is 4.28. The fourth-order valence-electron chi connectivity index (χ4n) is 3.78. The number of nitrogens with zero attached hydrogens (tertiary/aromatic N) is 4. The Bertz CT molecular complexity index is 1010. The Morgan fingerprint density at radius 3 is 2.74 bits per heavy atom. The lowest BCUT2D eigenvalue weighted by atomic mass is 9.93. The maximum atomic E-state index is 12.3. The van der Waals surface area contributed by atoms with Crippen molar-refractivity contribution in [3.05, 3.63) is 35.5 Å². The van der Waals surface area contributed by atoms with E-state index in [1.54, 1.807) is 7.11 Å². The van der Waals surface area contributed by atoms with Gasteiger partial charge in [0.05, 0.1) is 38.0 Å². The number of rotatable bonds is 5. The fourth-order valence-corrected chi connectivity index (χ4v) is 4.05. The molecule has 1 aromatic carbocycles. The van der Waals surface area contributed by atoms with Gasteiger partial charge in [-0.25, -0.2) is 19.8 Å². The number of esters is 1. The molecule has 0 saturated carbocycles. The highest BCUT2D eigenvalue weighted by Crippen LogP contribution is 2.45. The molecule has 2 unspecified atom stereocenters. The Labute approximate surface area is 186 Å². The van der Waals surface area contributed by atoms with Crippen LogP contribution >= 0.6 is 11.6 Å². The van der Waals surface area contributed by atoms with Crippen molar-refractivity contribution >= 4 is 34.9 Å². The number of hydrogen-bond acceptors (Lipinski definition) is 8. The van der Waals surface area contributed by atoms with Crippen LogP contribution in [0.5, 0.6) is 0 Å². The van der Waals surface area contributed by atoms with Crippen LogP contribution in [0.4, 0.5) is 11.6 Å². The number of hydrogen-bond donors (Lipinski definition) is 0. The number of anilines is 1. The van der Waals surface area contributed by atoms with Gasteiger partial charge in [0.2, 0.25) is 5.95 Å². The number of alkyl halides is 1. The van der Waals surface area contributed by atoms with Gasteiger partial charge in [-0.2, -0.15) is 0 Å². The minimum absolute atomic E-state index is 0.270. The zero-order chi connectivity index (χ0) is 22.0. The van der Waals surface area contributed by atoms with E-state index >= 15 is 0 Å².